The van der Waals surface area contributed by atoms with Gasteiger partial charge in [0.25, 0.3) is 10.0 Å². The largest absolute Gasteiger partial charge is 0.301 e. The molecule has 0 atom stereocenters. The van der Waals surface area contributed by atoms with Crippen molar-refractivity contribution in [2.75, 3.05) is 17.6 Å². The monoisotopic (exact) mass is 386 g/mol. The molecule has 1 aromatic carbocycles. The van der Waals surface area contributed by atoms with E-state index in [4.69, 9.17) is 0 Å². The van der Waals surface area contributed by atoms with Gasteiger partial charge in [0, 0.05) is 25.0 Å². The predicted molar refractivity (Wildman–Crippen MR) is 96.7 cm³/mol. The Bertz CT molecular complexity index is 805. The first kappa shape index (κ1) is 18.8. The summed E-state index contributed by atoms with van der Waals surface area (Å²) in [6.45, 7) is 3.67. The zero-order chi connectivity index (χ0) is 17.6. The fourth-order valence-corrected chi connectivity index (χ4v) is 4.87. The van der Waals surface area contributed by atoms with Crippen LogP contribution in [-0.4, -0.2) is 36.8 Å². The molecule has 0 aliphatic heterocycles. The Balaban J connectivity index is 1.79. The van der Waals surface area contributed by atoms with Gasteiger partial charge in [0.05, 0.1) is 0 Å². The number of hydrogen-bond donors (Lipinski definition) is 2. The molecule has 7 nitrogen and oxygen atoms in total. The van der Waals surface area contributed by atoms with Crippen molar-refractivity contribution >= 4 is 44.2 Å². The molecular formula is C14H18N4O3S3. The van der Waals surface area contributed by atoms with Gasteiger partial charge in [-0.3, -0.25) is 4.79 Å². The molecule has 0 fully saturated rings. The van der Waals surface area contributed by atoms with E-state index in [1.165, 1.54) is 18.1 Å². The summed E-state index contributed by atoms with van der Waals surface area (Å²) in [5.74, 6) is 1.15. The van der Waals surface area contributed by atoms with Crippen molar-refractivity contribution in [3.8, 4) is 0 Å². The smallest absolute Gasteiger partial charge is 0.269 e. The maximum absolute atomic E-state index is 12.1. The quantitative estimate of drug-likeness (QED) is 0.532. The second-order valence-corrected chi connectivity index (χ2v) is 8.95. The van der Waals surface area contributed by atoms with E-state index in [1.807, 2.05) is 12.1 Å². The molecule has 10 heteroatoms. The average molecular weight is 387 g/mol. The molecule has 1 aromatic heterocycles. The summed E-state index contributed by atoms with van der Waals surface area (Å²) in [7, 11) is -3.70. The Kier molecular flexibility index (Phi) is 6.72. The highest BCUT2D eigenvalue weighted by atomic mass is 32.2. The van der Waals surface area contributed by atoms with Crippen molar-refractivity contribution < 1.29 is 13.2 Å². The number of aryl methyl sites for hydroxylation is 1. The summed E-state index contributed by atoms with van der Waals surface area (Å²) in [6.07, 6.45) is 0. The van der Waals surface area contributed by atoms with Crippen molar-refractivity contribution in [2.24, 2.45) is 0 Å². The lowest BCUT2D eigenvalue weighted by atomic mass is 10.1. The lowest BCUT2D eigenvalue weighted by Gasteiger charge is -2.06. The third-order valence-electron chi connectivity index (χ3n) is 2.98. The highest BCUT2D eigenvalue weighted by Gasteiger charge is 2.19. The van der Waals surface area contributed by atoms with Crippen LogP contribution in [0.4, 0.5) is 5.13 Å². The molecule has 0 bridgehead atoms. The zero-order valence-corrected chi connectivity index (χ0v) is 15.7. The number of anilines is 1. The standard InChI is InChI=1S/C14H18N4O3S3/c1-10-5-3-4-6-12(10)9-22-8-7-15-24(20,21)14-18-17-13(23-14)16-11(2)19/h3-6,15H,7-9H2,1-2H3,(H,16,17,19). The van der Waals surface area contributed by atoms with Crippen LogP contribution in [0, 0.1) is 6.92 Å². The number of nitrogens with one attached hydrogen (secondary N) is 2. The number of thioether (sulfide) groups is 1. The van der Waals surface area contributed by atoms with Gasteiger partial charge in [-0.15, -0.1) is 10.2 Å². The van der Waals surface area contributed by atoms with Gasteiger partial charge in [-0.05, 0) is 18.1 Å². The van der Waals surface area contributed by atoms with Gasteiger partial charge in [0.2, 0.25) is 15.4 Å². The SMILES string of the molecule is CC(=O)Nc1nnc(S(=O)(=O)NCCSCc2ccccc2C)s1. The van der Waals surface area contributed by atoms with Crippen LogP contribution in [-0.2, 0) is 20.6 Å². The molecule has 2 N–H and O–H groups in total. The molecule has 0 unspecified atom stereocenters. The number of benzene rings is 1. The first-order chi connectivity index (χ1) is 11.4. The number of sulfonamides is 1. The second-order valence-electron chi connectivity index (χ2n) is 4.93. The van der Waals surface area contributed by atoms with Crippen LogP contribution in [0.25, 0.3) is 0 Å². The van der Waals surface area contributed by atoms with Crippen molar-refractivity contribution in [3.05, 3.63) is 35.4 Å². The number of nitrogens with zero attached hydrogens (tertiary/aromatic N) is 2. The van der Waals surface area contributed by atoms with E-state index in [0.29, 0.717) is 12.3 Å². The van der Waals surface area contributed by atoms with E-state index in [-0.39, 0.29) is 15.4 Å². The summed E-state index contributed by atoms with van der Waals surface area (Å²) in [5, 5.41) is 9.79. The molecule has 1 amide bonds. The van der Waals surface area contributed by atoms with E-state index in [2.05, 4.69) is 39.3 Å². The molecule has 0 radical (unpaired) electrons. The van der Waals surface area contributed by atoms with Gasteiger partial charge in [0.1, 0.15) is 0 Å². The summed E-state index contributed by atoms with van der Waals surface area (Å²) in [5.41, 5.74) is 2.47. The lowest BCUT2D eigenvalue weighted by Crippen LogP contribution is -2.26. The molecule has 24 heavy (non-hydrogen) atoms. The van der Waals surface area contributed by atoms with Gasteiger partial charge in [-0.1, -0.05) is 35.6 Å². The second kappa shape index (κ2) is 8.56. The van der Waals surface area contributed by atoms with Gasteiger partial charge < -0.3 is 5.32 Å². The Hall–Kier alpha value is -1.49. The van der Waals surface area contributed by atoms with Crippen molar-refractivity contribution in [2.45, 2.75) is 23.9 Å². The Morgan fingerprint density at radius 3 is 2.75 bits per heavy atom. The number of amides is 1. The van der Waals surface area contributed by atoms with Gasteiger partial charge in [-0.25, -0.2) is 13.1 Å². The highest BCUT2D eigenvalue weighted by Crippen LogP contribution is 2.20. The van der Waals surface area contributed by atoms with Crippen LogP contribution < -0.4 is 10.0 Å². The first-order valence-electron chi connectivity index (χ1n) is 7.11. The third-order valence-corrected chi connectivity index (χ3v) is 6.65. The molecule has 0 saturated heterocycles. The number of carbonyl (C=O) groups is 1. The predicted octanol–water partition coefficient (Wildman–Crippen LogP) is 2.02. The van der Waals surface area contributed by atoms with Crippen LogP contribution in [0.5, 0.6) is 0 Å². The van der Waals surface area contributed by atoms with Crippen molar-refractivity contribution in [1.29, 1.82) is 0 Å². The Morgan fingerprint density at radius 2 is 2.04 bits per heavy atom. The van der Waals surface area contributed by atoms with E-state index >= 15 is 0 Å². The minimum atomic E-state index is -3.70. The summed E-state index contributed by atoms with van der Waals surface area (Å²) in [4.78, 5) is 10.9. The van der Waals surface area contributed by atoms with Crippen LogP contribution in [0.2, 0.25) is 0 Å². The number of aromatic nitrogens is 2. The minimum absolute atomic E-state index is 0.157. The number of rotatable bonds is 8. The Morgan fingerprint density at radius 1 is 1.29 bits per heavy atom. The van der Waals surface area contributed by atoms with E-state index in [1.54, 1.807) is 11.8 Å². The van der Waals surface area contributed by atoms with E-state index in [0.717, 1.165) is 17.1 Å². The molecule has 0 aliphatic carbocycles. The van der Waals surface area contributed by atoms with Gasteiger partial charge in [-0.2, -0.15) is 11.8 Å². The molecule has 0 spiro atoms. The first-order valence-corrected chi connectivity index (χ1v) is 10.6. The van der Waals surface area contributed by atoms with E-state index < -0.39 is 10.0 Å². The van der Waals surface area contributed by atoms with Crippen molar-refractivity contribution in [3.63, 3.8) is 0 Å². The highest BCUT2D eigenvalue weighted by molar-refractivity contribution is 7.98. The van der Waals surface area contributed by atoms with Crippen LogP contribution >= 0.6 is 23.1 Å². The van der Waals surface area contributed by atoms with Gasteiger partial charge in [0.15, 0.2) is 0 Å². The van der Waals surface area contributed by atoms with Crippen LogP contribution in [0.15, 0.2) is 28.6 Å². The maximum atomic E-state index is 12.1. The molecule has 0 aliphatic rings. The van der Waals surface area contributed by atoms with Crippen LogP contribution in [0.1, 0.15) is 18.1 Å². The molecular weight excluding hydrogens is 368 g/mol. The maximum Gasteiger partial charge on any atom is 0.269 e. The lowest BCUT2D eigenvalue weighted by molar-refractivity contribution is -0.114. The third kappa shape index (κ3) is 5.55. The topological polar surface area (TPSA) is 101 Å². The fraction of sp³-hybridized carbons (Fsp3) is 0.357. The summed E-state index contributed by atoms with van der Waals surface area (Å²) in [6, 6.07) is 8.11. The molecule has 1 heterocycles. The zero-order valence-electron chi connectivity index (χ0n) is 13.3. The van der Waals surface area contributed by atoms with E-state index in [9.17, 15) is 13.2 Å². The summed E-state index contributed by atoms with van der Waals surface area (Å²) < 4.78 is 26.5. The summed E-state index contributed by atoms with van der Waals surface area (Å²) >= 11 is 2.47. The Labute approximate surface area is 149 Å². The van der Waals surface area contributed by atoms with Crippen LogP contribution in [0.3, 0.4) is 0 Å². The molecule has 2 rings (SSSR count). The van der Waals surface area contributed by atoms with Crippen molar-refractivity contribution in [1.82, 2.24) is 14.9 Å². The van der Waals surface area contributed by atoms with Gasteiger partial charge >= 0.3 is 0 Å². The average Bonchev–Trinajstić information content (AvgIpc) is 2.97. The molecule has 130 valence electrons. The molecule has 0 saturated carbocycles. The normalized spacial score (nSPS) is 11.4. The molecule has 2 aromatic rings. The number of carbonyl (C=O) groups excluding carboxylic acids is 1. The number of hydrogen-bond acceptors (Lipinski definition) is 7. The fourth-order valence-electron chi connectivity index (χ4n) is 1.78. The minimum Gasteiger partial charge on any atom is -0.301 e.